The maximum Gasteiger partial charge on any atom is 0.269 e. The largest absolute Gasteiger partial charge is 0.488 e. The SMILES string of the molecule is CCN(c1ccccc1)S(=O)(=O)c1ccc(C(=O)NNC(=O)c2ccc(COc3ccccc3-c3ccccc3)cc2)cc1. The fraction of sp³-hybridized carbons (Fsp3) is 0.0857. The van der Waals surface area contributed by atoms with Gasteiger partial charge in [-0.05, 0) is 72.6 Å². The molecule has 8 nitrogen and oxygen atoms in total. The summed E-state index contributed by atoms with van der Waals surface area (Å²) in [5, 5.41) is 0. The summed E-state index contributed by atoms with van der Waals surface area (Å²) in [5.41, 5.74) is 8.78. The molecule has 0 bridgehead atoms. The van der Waals surface area contributed by atoms with E-state index >= 15 is 0 Å². The standard InChI is InChI=1S/C35H31N3O5S/c1-2-38(30-13-7-4-8-14-30)44(41,42)31-23-21-29(22-24-31)35(40)37-36-34(39)28-19-17-26(18-20-28)25-43-33-16-10-9-15-32(33)27-11-5-3-6-12-27/h3-24H,2,25H2,1H3,(H,36,39)(H,37,40). The summed E-state index contributed by atoms with van der Waals surface area (Å²) in [5.74, 6) is -0.326. The van der Waals surface area contributed by atoms with Crippen molar-refractivity contribution in [3.05, 3.63) is 150 Å². The van der Waals surface area contributed by atoms with Gasteiger partial charge in [0.1, 0.15) is 12.4 Å². The minimum Gasteiger partial charge on any atom is -0.488 e. The van der Waals surface area contributed by atoms with Crippen LogP contribution in [0.4, 0.5) is 5.69 Å². The van der Waals surface area contributed by atoms with Crippen molar-refractivity contribution in [2.45, 2.75) is 18.4 Å². The Hall–Kier alpha value is -5.41. The molecule has 0 heterocycles. The lowest BCUT2D eigenvalue weighted by molar-refractivity contribution is 0.0846. The Bertz CT molecular complexity index is 1830. The van der Waals surface area contributed by atoms with Crippen LogP contribution < -0.4 is 19.9 Å². The molecule has 0 aliphatic carbocycles. The van der Waals surface area contributed by atoms with Crippen molar-refractivity contribution in [2.24, 2.45) is 0 Å². The van der Waals surface area contributed by atoms with Crippen LogP contribution in [0.3, 0.4) is 0 Å². The summed E-state index contributed by atoms with van der Waals surface area (Å²) in [6.07, 6.45) is 0. The highest BCUT2D eigenvalue weighted by molar-refractivity contribution is 7.92. The molecule has 0 aromatic heterocycles. The Labute approximate surface area is 257 Å². The van der Waals surface area contributed by atoms with Crippen molar-refractivity contribution in [1.82, 2.24) is 10.9 Å². The van der Waals surface area contributed by atoms with Crippen LogP contribution in [0.2, 0.25) is 0 Å². The third-order valence-electron chi connectivity index (χ3n) is 6.91. The molecule has 5 rings (SSSR count). The van der Waals surface area contributed by atoms with E-state index in [0.717, 1.165) is 22.4 Å². The molecule has 0 aliphatic rings. The number of rotatable bonds is 10. The van der Waals surface area contributed by atoms with Gasteiger partial charge in [-0.2, -0.15) is 0 Å². The number of carbonyl (C=O) groups is 2. The van der Waals surface area contributed by atoms with Gasteiger partial charge in [-0.1, -0.05) is 78.9 Å². The van der Waals surface area contributed by atoms with Crippen LogP contribution in [0.15, 0.2) is 138 Å². The van der Waals surface area contributed by atoms with E-state index in [1.54, 1.807) is 55.5 Å². The predicted octanol–water partition coefficient (Wildman–Crippen LogP) is 6.22. The molecule has 2 N–H and O–H groups in total. The summed E-state index contributed by atoms with van der Waals surface area (Å²) in [4.78, 5) is 25.4. The number of sulfonamides is 1. The molecule has 9 heteroatoms. The number of nitrogens with one attached hydrogen (secondary N) is 2. The number of hydrazine groups is 1. The smallest absolute Gasteiger partial charge is 0.269 e. The minimum atomic E-state index is -3.82. The molecule has 5 aromatic carbocycles. The van der Waals surface area contributed by atoms with Crippen LogP contribution in [0.5, 0.6) is 5.75 Å². The zero-order valence-electron chi connectivity index (χ0n) is 24.0. The summed E-state index contributed by atoms with van der Waals surface area (Å²) in [6, 6.07) is 39.0. The monoisotopic (exact) mass is 605 g/mol. The highest BCUT2D eigenvalue weighted by Crippen LogP contribution is 2.30. The summed E-state index contributed by atoms with van der Waals surface area (Å²) >= 11 is 0. The summed E-state index contributed by atoms with van der Waals surface area (Å²) in [7, 11) is -3.82. The van der Waals surface area contributed by atoms with Gasteiger partial charge in [0.2, 0.25) is 0 Å². The van der Waals surface area contributed by atoms with Crippen LogP contribution in [-0.4, -0.2) is 26.8 Å². The van der Waals surface area contributed by atoms with Gasteiger partial charge in [0.25, 0.3) is 21.8 Å². The van der Waals surface area contributed by atoms with E-state index in [1.165, 1.54) is 28.6 Å². The van der Waals surface area contributed by atoms with E-state index < -0.39 is 21.8 Å². The zero-order chi connectivity index (χ0) is 30.9. The maximum absolute atomic E-state index is 13.2. The van der Waals surface area contributed by atoms with E-state index in [1.807, 2.05) is 60.7 Å². The number of para-hydroxylation sites is 2. The second-order valence-corrected chi connectivity index (χ2v) is 11.6. The normalized spacial score (nSPS) is 10.9. The van der Waals surface area contributed by atoms with Crippen LogP contribution in [0.25, 0.3) is 11.1 Å². The maximum atomic E-state index is 13.2. The van der Waals surface area contributed by atoms with E-state index in [0.29, 0.717) is 17.9 Å². The molecular weight excluding hydrogens is 574 g/mol. The number of hydrogen-bond donors (Lipinski definition) is 2. The molecule has 0 radical (unpaired) electrons. The summed E-state index contributed by atoms with van der Waals surface area (Å²) < 4.78 is 33.8. The lowest BCUT2D eigenvalue weighted by Gasteiger charge is -2.23. The number of nitrogens with zero attached hydrogens (tertiary/aromatic N) is 1. The van der Waals surface area contributed by atoms with Gasteiger partial charge < -0.3 is 4.74 Å². The molecular formula is C35H31N3O5S. The highest BCUT2D eigenvalue weighted by Gasteiger charge is 2.23. The number of benzene rings is 5. The lowest BCUT2D eigenvalue weighted by Crippen LogP contribution is -2.41. The molecule has 0 spiro atoms. The van der Waals surface area contributed by atoms with Crippen LogP contribution >= 0.6 is 0 Å². The van der Waals surface area contributed by atoms with Gasteiger partial charge in [0.05, 0.1) is 10.6 Å². The number of anilines is 1. The molecule has 0 atom stereocenters. The topological polar surface area (TPSA) is 105 Å². The molecule has 2 amide bonds. The molecule has 0 unspecified atom stereocenters. The second-order valence-electron chi connectivity index (χ2n) is 9.79. The number of hydrogen-bond acceptors (Lipinski definition) is 5. The molecule has 0 saturated heterocycles. The van der Waals surface area contributed by atoms with Crippen molar-refractivity contribution >= 4 is 27.5 Å². The van der Waals surface area contributed by atoms with Crippen molar-refractivity contribution in [3.63, 3.8) is 0 Å². The third-order valence-corrected chi connectivity index (χ3v) is 8.82. The van der Waals surface area contributed by atoms with Crippen LogP contribution in [-0.2, 0) is 16.6 Å². The van der Waals surface area contributed by atoms with Crippen molar-refractivity contribution in [2.75, 3.05) is 10.8 Å². The first kappa shape index (κ1) is 30.1. The van der Waals surface area contributed by atoms with Crippen molar-refractivity contribution in [3.8, 4) is 16.9 Å². The fourth-order valence-corrected chi connectivity index (χ4v) is 6.08. The minimum absolute atomic E-state index is 0.0522. The molecule has 222 valence electrons. The van der Waals surface area contributed by atoms with Gasteiger partial charge in [0.15, 0.2) is 0 Å². The Morgan fingerprint density at radius 2 is 1.18 bits per heavy atom. The van der Waals surface area contributed by atoms with Gasteiger partial charge >= 0.3 is 0 Å². The van der Waals surface area contributed by atoms with E-state index in [2.05, 4.69) is 10.9 Å². The Kier molecular flexibility index (Phi) is 9.37. The van der Waals surface area contributed by atoms with Gasteiger partial charge in [-0.15, -0.1) is 0 Å². The average molecular weight is 606 g/mol. The molecule has 0 saturated carbocycles. The van der Waals surface area contributed by atoms with Gasteiger partial charge in [0, 0.05) is 23.2 Å². The Morgan fingerprint density at radius 1 is 0.659 bits per heavy atom. The number of amides is 2. The second kappa shape index (κ2) is 13.7. The molecule has 5 aromatic rings. The van der Waals surface area contributed by atoms with E-state index in [4.69, 9.17) is 4.74 Å². The summed E-state index contributed by atoms with van der Waals surface area (Å²) in [6.45, 7) is 2.31. The molecule has 0 fully saturated rings. The van der Waals surface area contributed by atoms with Gasteiger partial charge in [-0.3, -0.25) is 24.7 Å². The van der Waals surface area contributed by atoms with Gasteiger partial charge in [-0.25, -0.2) is 8.42 Å². The van der Waals surface area contributed by atoms with E-state index in [9.17, 15) is 18.0 Å². The zero-order valence-corrected chi connectivity index (χ0v) is 24.8. The number of ether oxygens (including phenoxy) is 1. The fourth-order valence-electron chi connectivity index (χ4n) is 4.61. The van der Waals surface area contributed by atoms with Crippen molar-refractivity contribution in [1.29, 1.82) is 0 Å². The first-order valence-electron chi connectivity index (χ1n) is 14.0. The molecule has 0 aliphatic heterocycles. The quantitative estimate of drug-likeness (QED) is 0.184. The van der Waals surface area contributed by atoms with Crippen molar-refractivity contribution < 1.29 is 22.7 Å². The highest BCUT2D eigenvalue weighted by atomic mass is 32.2. The molecule has 44 heavy (non-hydrogen) atoms. The first-order chi connectivity index (χ1) is 21.4. The lowest BCUT2D eigenvalue weighted by atomic mass is 10.0. The average Bonchev–Trinajstić information content (AvgIpc) is 3.07. The third kappa shape index (κ3) is 6.96. The first-order valence-corrected chi connectivity index (χ1v) is 15.5. The Balaban J connectivity index is 1.16. The predicted molar refractivity (Wildman–Crippen MR) is 171 cm³/mol. The number of carbonyl (C=O) groups excluding carboxylic acids is 2. The van der Waals surface area contributed by atoms with Crippen LogP contribution in [0.1, 0.15) is 33.2 Å². The van der Waals surface area contributed by atoms with E-state index in [-0.39, 0.29) is 17.0 Å². The Morgan fingerprint density at radius 3 is 1.77 bits per heavy atom. The van der Waals surface area contributed by atoms with Crippen LogP contribution in [0, 0.1) is 0 Å².